The molecule has 3 aromatic rings. The van der Waals surface area contributed by atoms with Crippen molar-refractivity contribution in [2.45, 2.75) is 57.6 Å². The first kappa shape index (κ1) is 22.7. The molecule has 0 radical (unpaired) electrons. The smallest absolute Gasteiger partial charge is 0.260 e. The Bertz CT molecular complexity index is 1270. The van der Waals surface area contributed by atoms with Crippen LogP contribution in [0.3, 0.4) is 0 Å². The number of benzene rings is 1. The van der Waals surface area contributed by atoms with Crippen molar-refractivity contribution in [1.29, 1.82) is 0 Å². The zero-order valence-corrected chi connectivity index (χ0v) is 20.6. The lowest BCUT2D eigenvalue weighted by Gasteiger charge is -2.35. The van der Waals surface area contributed by atoms with Gasteiger partial charge in [0.05, 0.1) is 11.5 Å². The fourth-order valence-electron chi connectivity index (χ4n) is 5.73. The van der Waals surface area contributed by atoms with E-state index < -0.39 is 0 Å². The maximum atomic E-state index is 14.0. The number of nitrogens with one attached hydrogen (secondary N) is 1. The van der Waals surface area contributed by atoms with E-state index in [1.807, 2.05) is 10.8 Å². The third-order valence-corrected chi connectivity index (χ3v) is 8.20. The van der Waals surface area contributed by atoms with E-state index in [0.29, 0.717) is 17.5 Å². The zero-order chi connectivity index (χ0) is 23.9. The molecule has 1 saturated heterocycles. The summed E-state index contributed by atoms with van der Waals surface area (Å²) in [6.07, 6.45) is 7.14. The standard InChI is InChI=1S/C27H36N6O2/c1-2-31-11-13-32(14-12-31)20-7-10-22-23(15-20)26(35)33(19-5-8-21(34)9-6-19)25-24(22)17-29-27(30-25)28-16-18-3-4-18/h7,10,15,17-19,21,34H,2-6,8-9,11-14,16H2,1H3,(H,28,29,30). The molecule has 35 heavy (non-hydrogen) atoms. The van der Waals surface area contributed by atoms with Crippen molar-refractivity contribution in [2.24, 2.45) is 5.92 Å². The summed E-state index contributed by atoms with van der Waals surface area (Å²) >= 11 is 0. The van der Waals surface area contributed by atoms with E-state index in [4.69, 9.17) is 4.98 Å². The predicted molar refractivity (Wildman–Crippen MR) is 140 cm³/mol. The van der Waals surface area contributed by atoms with Gasteiger partial charge >= 0.3 is 0 Å². The van der Waals surface area contributed by atoms with Crippen LogP contribution < -0.4 is 15.8 Å². The molecule has 3 aliphatic rings. The average Bonchev–Trinajstić information content (AvgIpc) is 3.73. The highest BCUT2D eigenvalue weighted by molar-refractivity contribution is 6.05. The second kappa shape index (κ2) is 9.39. The summed E-state index contributed by atoms with van der Waals surface area (Å²) in [6, 6.07) is 6.34. The summed E-state index contributed by atoms with van der Waals surface area (Å²) < 4.78 is 1.91. The second-order valence-electron chi connectivity index (χ2n) is 10.5. The molecule has 0 amide bonds. The highest BCUT2D eigenvalue weighted by atomic mass is 16.3. The van der Waals surface area contributed by atoms with Gasteiger partial charge in [-0.25, -0.2) is 4.98 Å². The lowest BCUT2D eigenvalue weighted by molar-refractivity contribution is 0.111. The van der Waals surface area contributed by atoms with Crippen LogP contribution >= 0.6 is 0 Å². The van der Waals surface area contributed by atoms with Gasteiger partial charge in [0.2, 0.25) is 5.95 Å². The molecule has 3 fully saturated rings. The number of pyridine rings is 1. The van der Waals surface area contributed by atoms with Crippen LogP contribution in [0.4, 0.5) is 11.6 Å². The van der Waals surface area contributed by atoms with E-state index in [1.54, 1.807) is 0 Å². The SMILES string of the molecule is CCN1CCN(c2ccc3c(c2)c(=O)n(C2CCC(O)CC2)c2nc(NCC4CC4)ncc32)CC1. The van der Waals surface area contributed by atoms with Crippen molar-refractivity contribution < 1.29 is 5.11 Å². The Morgan fingerprint density at radius 2 is 1.77 bits per heavy atom. The molecule has 1 aliphatic heterocycles. The van der Waals surface area contributed by atoms with Crippen LogP contribution in [-0.4, -0.2) is 69.9 Å². The van der Waals surface area contributed by atoms with Crippen LogP contribution in [0.25, 0.3) is 21.8 Å². The Morgan fingerprint density at radius 1 is 1.00 bits per heavy atom. The summed E-state index contributed by atoms with van der Waals surface area (Å²) in [6.45, 7) is 8.21. The normalized spacial score (nSPS) is 23.8. The Labute approximate surface area is 206 Å². The third-order valence-electron chi connectivity index (χ3n) is 8.20. The van der Waals surface area contributed by atoms with E-state index in [-0.39, 0.29) is 17.7 Å². The van der Waals surface area contributed by atoms with Gasteiger partial charge in [-0.1, -0.05) is 13.0 Å². The second-order valence-corrected chi connectivity index (χ2v) is 10.5. The van der Waals surface area contributed by atoms with Gasteiger partial charge in [-0.2, -0.15) is 4.98 Å². The van der Waals surface area contributed by atoms with E-state index in [1.165, 1.54) is 12.8 Å². The highest BCUT2D eigenvalue weighted by Crippen LogP contribution is 2.33. The average molecular weight is 477 g/mol. The van der Waals surface area contributed by atoms with Crippen molar-refractivity contribution in [3.8, 4) is 0 Å². The minimum Gasteiger partial charge on any atom is -0.393 e. The molecule has 0 spiro atoms. The molecule has 8 nitrogen and oxygen atoms in total. The first-order chi connectivity index (χ1) is 17.1. The molecule has 3 heterocycles. The summed E-state index contributed by atoms with van der Waals surface area (Å²) in [5.74, 6) is 1.31. The van der Waals surface area contributed by atoms with Gasteiger partial charge in [0.1, 0.15) is 5.65 Å². The van der Waals surface area contributed by atoms with E-state index in [2.05, 4.69) is 45.2 Å². The molecule has 8 heteroatoms. The van der Waals surface area contributed by atoms with Crippen molar-refractivity contribution in [3.05, 3.63) is 34.7 Å². The van der Waals surface area contributed by atoms with Crippen molar-refractivity contribution >= 4 is 33.4 Å². The van der Waals surface area contributed by atoms with Crippen LogP contribution in [0.2, 0.25) is 0 Å². The lowest BCUT2D eigenvalue weighted by atomic mass is 9.92. The number of piperazine rings is 1. The third kappa shape index (κ3) is 4.49. The van der Waals surface area contributed by atoms with E-state index >= 15 is 0 Å². The summed E-state index contributed by atoms with van der Waals surface area (Å²) in [5, 5.41) is 16.0. The van der Waals surface area contributed by atoms with Gasteiger partial charge in [0.25, 0.3) is 5.56 Å². The first-order valence-electron chi connectivity index (χ1n) is 13.3. The minimum atomic E-state index is -0.271. The van der Waals surface area contributed by atoms with Crippen molar-refractivity contribution in [2.75, 3.05) is 49.5 Å². The number of aliphatic hydroxyl groups is 1. The highest BCUT2D eigenvalue weighted by Gasteiger charge is 2.26. The summed E-state index contributed by atoms with van der Waals surface area (Å²) in [7, 11) is 0. The first-order valence-corrected chi connectivity index (χ1v) is 13.3. The van der Waals surface area contributed by atoms with Crippen LogP contribution in [0, 0.1) is 5.92 Å². The monoisotopic (exact) mass is 476 g/mol. The summed E-state index contributed by atoms with van der Waals surface area (Å²) in [4.78, 5) is 28.4. The van der Waals surface area contributed by atoms with Crippen LogP contribution in [0.15, 0.2) is 29.2 Å². The Balaban J connectivity index is 1.44. The number of aromatic nitrogens is 3. The molecule has 186 valence electrons. The fraction of sp³-hybridized carbons (Fsp3) is 0.593. The molecule has 0 bridgehead atoms. The van der Waals surface area contributed by atoms with Crippen LogP contribution in [0.5, 0.6) is 0 Å². The van der Waals surface area contributed by atoms with Gasteiger partial charge in [-0.15, -0.1) is 0 Å². The van der Waals surface area contributed by atoms with E-state index in [9.17, 15) is 9.90 Å². The maximum absolute atomic E-state index is 14.0. The molecule has 2 saturated carbocycles. The van der Waals surface area contributed by atoms with Gasteiger partial charge in [-0.05, 0) is 68.5 Å². The summed E-state index contributed by atoms with van der Waals surface area (Å²) in [5.41, 5.74) is 1.84. The number of anilines is 2. The lowest BCUT2D eigenvalue weighted by Crippen LogP contribution is -2.46. The Morgan fingerprint density at radius 3 is 2.49 bits per heavy atom. The van der Waals surface area contributed by atoms with Gasteiger partial charge in [0, 0.05) is 56.0 Å². The molecular weight excluding hydrogens is 440 g/mol. The van der Waals surface area contributed by atoms with Crippen LogP contribution in [0.1, 0.15) is 51.5 Å². The molecular formula is C27H36N6O2. The fourth-order valence-corrected chi connectivity index (χ4v) is 5.73. The number of nitrogens with zero attached hydrogens (tertiary/aromatic N) is 5. The van der Waals surface area contributed by atoms with Crippen molar-refractivity contribution in [1.82, 2.24) is 19.4 Å². The quantitative estimate of drug-likeness (QED) is 0.528. The zero-order valence-electron chi connectivity index (χ0n) is 20.6. The Kier molecular flexibility index (Phi) is 6.10. The molecule has 0 atom stereocenters. The largest absolute Gasteiger partial charge is 0.393 e. The van der Waals surface area contributed by atoms with Crippen molar-refractivity contribution in [3.63, 3.8) is 0 Å². The van der Waals surface area contributed by atoms with Gasteiger partial charge < -0.3 is 20.2 Å². The minimum absolute atomic E-state index is 0.0229. The van der Waals surface area contributed by atoms with Crippen LogP contribution in [-0.2, 0) is 0 Å². The molecule has 2 aliphatic carbocycles. The topological polar surface area (TPSA) is 86.5 Å². The predicted octanol–water partition coefficient (Wildman–Crippen LogP) is 3.38. The number of hydrogen-bond acceptors (Lipinski definition) is 7. The number of hydrogen-bond donors (Lipinski definition) is 2. The maximum Gasteiger partial charge on any atom is 0.260 e. The number of aliphatic hydroxyl groups excluding tert-OH is 1. The Hall–Kier alpha value is -2.71. The van der Waals surface area contributed by atoms with Gasteiger partial charge in [-0.3, -0.25) is 9.36 Å². The molecule has 2 aromatic heterocycles. The number of likely N-dealkylation sites (N-methyl/N-ethyl adjacent to an activating group) is 1. The van der Waals surface area contributed by atoms with Gasteiger partial charge in [0.15, 0.2) is 0 Å². The van der Waals surface area contributed by atoms with E-state index in [0.717, 1.165) is 86.8 Å². The molecule has 2 N–H and O–H groups in total. The number of rotatable bonds is 6. The molecule has 0 unspecified atom stereocenters. The molecule has 6 rings (SSSR count). The molecule has 1 aromatic carbocycles. The number of fused-ring (bicyclic) bond motifs is 3.